The third kappa shape index (κ3) is 3.38. The maximum Gasteiger partial charge on any atom is 0.170 e. The first-order valence-electron chi connectivity index (χ1n) is 6.41. The van der Waals surface area contributed by atoms with Crippen molar-refractivity contribution in [1.82, 2.24) is 0 Å². The monoisotopic (exact) mass is 252 g/mol. The third-order valence-electron chi connectivity index (χ3n) is 3.15. The van der Waals surface area contributed by atoms with Gasteiger partial charge in [-0.2, -0.15) is 0 Å². The Balaban J connectivity index is 2.28. The summed E-state index contributed by atoms with van der Waals surface area (Å²) in [5.74, 6) is -0.164. The van der Waals surface area contributed by atoms with Gasteiger partial charge in [0.1, 0.15) is 6.29 Å². The second-order valence-corrected chi connectivity index (χ2v) is 4.44. The summed E-state index contributed by atoms with van der Waals surface area (Å²) < 4.78 is 0. The molecule has 0 aliphatic rings. The largest absolute Gasteiger partial charge is 0.303 e. The van der Waals surface area contributed by atoms with E-state index in [1.807, 2.05) is 60.7 Å². The van der Waals surface area contributed by atoms with E-state index in [4.69, 9.17) is 0 Å². The first kappa shape index (κ1) is 13.2. The molecule has 19 heavy (non-hydrogen) atoms. The molecular formula is C17H16O2. The van der Waals surface area contributed by atoms with Crippen LogP contribution in [-0.4, -0.2) is 12.1 Å². The first-order chi connectivity index (χ1) is 9.33. The zero-order valence-corrected chi connectivity index (χ0v) is 10.7. The van der Waals surface area contributed by atoms with Crippen molar-refractivity contribution in [3.8, 4) is 0 Å². The highest BCUT2D eigenvalue weighted by Gasteiger charge is 2.21. The molecule has 2 aromatic rings. The lowest BCUT2D eigenvalue weighted by Gasteiger charge is -2.15. The summed E-state index contributed by atoms with van der Waals surface area (Å²) in [5, 5.41) is 0. The fourth-order valence-corrected chi connectivity index (χ4v) is 2.17. The molecule has 0 spiro atoms. The van der Waals surface area contributed by atoms with Gasteiger partial charge in [0.15, 0.2) is 5.78 Å². The van der Waals surface area contributed by atoms with Crippen LogP contribution >= 0.6 is 0 Å². The quantitative estimate of drug-likeness (QED) is 0.581. The number of hydrogen-bond acceptors (Lipinski definition) is 2. The van der Waals surface area contributed by atoms with Gasteiger partial charge in [0.05, 0.1) is 0 Å². The van der Waals surface area contributed by atoms with Gasteiger partial charge in [0.2, 0.25) is 0 Å². The number of benzene rings is 2. The van der Waals surface area contributed by atoms with Crippen molar-refractivity contribution < 1.29 is 9.59 Å². The van der Waals surface area contributed by atoms with E-state index in [1.165, 1.54) is 0 Å². The third-order valence-corrected chi connectivity index (χ3v) is 3.15. The molecule has 96 valence electrons. The Kier molecular flexibility index (Phi) is 4.62. The summed E-state index contributed by atoms with van der Waals surface area (Å²) in [7, 11) is 0. The lowest BCUT2D eigenvalue weighted by Crippen LogP contribution is -2.13. The van der Waals surface area contributed by atoms with Gasteiger partial charge in [0.25, 0.3) is 0 Å². The Labute approximate surface area is 113 Å². The lowest BCUT2D eigenvalue weighted by atomic mass is 9.87. The van der Waals surface area contributed by atoms with Crippen LogP contribution in [0.5, 0.6) is 0 Å². The average Bonchev–Trinajstić information content (AvgIpc) is 2.49. The number of carbonyl (C=O) groups excluding carboxylic acids is 2. The smallest absolute Gasteiger partial charge is 0.170 e. The molecule has 0 N–H and O–H groups in total. The Hall–Kier alpha value is -2.22. The minimum atomic E-state index is -0.242. The van der Waals surface area contributed by atoms with Crippen LogP contribution < -0.4 is 0 Å². The number of rotatable bonds is 6. The molecule has 0 aromatic heterocycles. The second-order valence-electron chi connectivity index (χ2n) is 4.44. The van der Waals surface area contributed by atoms with E-state index in [0.29, 0.717) is 18.4 Å². The second kappa shape index (κ2) is 6.64. The highest BCUT2D eigenvalue weighted by atomic mass is 16.1. The van der Waals surface area contributed by atoms with Crippen molar-refractivity contribution in [2.45, 2.75) is 18.8 Å². The molecule has 2 aromatic carbocycles. The number of aldehydes is 1. The van der Waals surface area contributed by atoms with Crippen molar-refractivity contribution >= 4 is 12.1 Å². The molecule has 0 bridgehead atoms. The van der Waals surface area contributed by atoms with Crippen LogP contribution in [0.25, 0.3) is 0 Å². The lowest BCUT2D eigenvalue weighted by molar-refractivity contribution is -0.107. The summed E-state index contributed by atoms with van der Waals surface area (Å²) >= 11 is 0. The van der Waals surface area contributed by atoms with Gasteiger partial charge in [0, 0.05) is 17.9 Å². The van der Waals surface area contributed by atoms with Crippen LogP contribution in [0.4, 0.5) is 0 Å². The van der Waals surface area contributed by atoms with E-state index in [-0.39, 0.29) is 11.7 Å². The Morgan fingerprint density at radius 2 is 1.53 bits per heavy atom. The molecule has 0 heterocycles. The number of carbonyl (C=O) groups is 2. The van der Waals surface area contributed by atoms with Crippen molar-refractivity contribution in [3.63, 3.8) is 0 Å². The Bertz CT molecular complexity index is 532. The summed E-state index contributed by atoms with van der Waals surface area (Å²) in [4.78, 5) is 23.1. The van der Waals surface area contributed by atoms with Gasteiger partial charge in [-0.25, -0.2) is 0 Å². The van der Waals surface area contributed by atoms with E-state index in [0.717, 1.165) is 11.8 Å². The molecule has 2 heteroatoms. The Morgan fingerprint density at radius 3 is 2.11 bits per heavy atom. The topological polar surface area (TPSA) is 34.1 Å². The zero-order valence-electron chi connectivity index (χ0n) is 10.7. The molecule has 2 rings (SSSR count). The van der Waals surface area contributed by atoms with Crippen LogP contribution in [0.3, 0.4) is 0 Å². The van der Waals surface area contributed by atoms with E-state index in [2.05, 4.69) is 0 Å². The normalized spacial score (nSPS) is 11.8. The maximum atomic E-state index is 12.5. The van der Waals surface area contributed by atoms with Crippen LogP contribution in [-0.2, 0) is 4.79 Å². The predicted molar refractivity (Wildman–Crippen MR) is 75.3 cm³/mol. The van der Waals surface area contributed by atoms with Crippen LogP contribution in [0.15, 0.2) is 60.7 Å². The molecule has 0 aliphatic carbocycles. The zero-order chi connectivity index (χ0) is 13.5. The predicted octanol–water partition coefficient (Wildman–Crippen LogP) is 3.63. The average molecular weight is 252 g/mol. The molecule has 2 nitrogen and oxygen atoms in total. The van der Waals surface area contributed by atoms with E-state index >= 15 is 0 Å². The highest BCUT2D eigenvalue weighted by molar-refractivity contribution is 6.01. The van der Waals surface area contributed by atoms with Crippen LogP contribution in [0.2, 0.25) is 0 Å². The minimum absolute atomic E-state index is 0.0775. The standard InChI is InChI=1S/C17H16O2/c18-13-7-12-16(14-8-3-1-4-9-14)17(19)15-10-5-2-6-11-15/h1-6,8-11,13,16H,7,12H2. The molecule has 0 fully saturated rings. The fourth-order valence-electron chi connectivity index (χ4n) is 2.17. The molecule has 0 radical (unpaired) electrons. The number of Topliss-reactive ketones (excluding diaryl/α,β-unsaturated/α-hetero) is 1. The van der Waals surface area contributed by atoms with Crippen molar-refractivity contribution in [2.24, 2.45) is 0 Å². The maximum absolute atomic E-state index is 12.5. The molecular weight excluding hydrogens is 236 g/mol. The number of ketones is 1. The van der Waals surface area contributed by atoms with E-state index in [9.17, 15) is 9.59 Å². The van der Waals surface area contributed by atoms with Gasteiger partial charge in [-0.05, 0) is 12.0 Å². The van der Waals surface area contributed by atoms with E-state index < -0.39 is 0 Å². The fraction of sp³-hybridized carbons (Fsp3) is 0.176. The first-order valence-corrected chi connectivity index (χ1v) is 6.41. The van der Waals surface area contributed by atoms with E-state index in [1.54, 1.807) is 0 Å². The molecule has 0 saturated carbocycles. The van der Waals surface area contributed by atoms with Gasteiger partial charge in [-0.1, -0.05) is 60.7 Å². The molecule has 0 amide bonds. The van der Waals surface area contributed by atoms with Gasteiger partial charge < -0.3 is 4.79 Å². The summed E-state index contributed by atoms with van der Waals surface area (Å²) in [6.45, 7) is 0. The van der Waals surface area contributed by atoms with Crippen molar-refractivity contribution in [3.05, 3.63) is 71.8 Å². The van der Waals surface area contributed by atoms with Gasteiger partial charge in [-0.3, -0.25) is 4.79 Å². The summed E-state index contributed by atoms with van der Waals surface area (Å²) in [6.07, 6.45) is 1.83. The van der Waals surface area contributed by atoms with Crippen molar-refractivity contribution in [1.29, 1.82) is 0 Å². The summed E-state index contributed by atoms with van der Waals surface area (Å²) in [6, 6.07) is 18.9. The SMILES string of the molecule is O=CCCC(C(=O)c1ccccc1)c1ccccc1. The van der Waals surface area contributed by atoms with Crippen molar-refractivity contribution in [2.75, 3.05) is 0 Å². The number of hydrogen-bond donors (Lipinski definition) is 0. The summed E-state index contributed by atoms with van der Waals surface area (Å²) in [5.41, 5.74) is 1.67. The van der Waals surface area contributed by atoms with Gasteiger partial charge >= 0.3 is 0 Å². The highest BCUT2D eigenvalue weighted by Crippen LogP contribution is 2.25. The molecule has 1 atom stereocenters. The van der Waals surface area contributed by atoms with Crippen LogP contribution in [0, 0.1) is 0 Å². The van der Waals surface area contributed by atoms with Gasteiger partial charge in [-0.15, -0.1) is 0 Å². The Morgan fingerprint density at radius 1 is 0.947 bits per heavy atom. The molecule has 0 aliphatic heterocycles. The minimum Gasteiger partial charge on any atom is -0.303 e. The molecule has 1 unspecified atom stereocenters. The van der Waals surface area contributed by atoms with Crippen LogP contribution in [0.1, 0.15) is 34.7 Å². The molecule has 0 saturated heterocycles.